The number of aryl methyl sites for hydroxylation is 2. The summed E-state index contributed by atoms with van der Waals surface area (Å²) in [5.41, 5.74) is 4.30. The minimum Gasteiger partial charge on any atom is -0.298 e. The van der Waals surface area contributed by atoms with Gasteiger partial charge in [-0.2, -0.15) is 0 Å². The molecule has 0 atom stereocenters. The number of fused-ring (bicyclic) bond motifs is 2. The van der Waals surface area contributed by atoms with E-state index in [2.05, 4.69) is 15.3 Å². The number of nitrogens with zero attached hydrogens (tertiary/aromatic N) is 2. The SMILES string of the molecule is Cc1cc(C(=O)Nc2nc3c(C)cccc3s2)c2ccccc2n1. The van der Waals surface area contributed by atoms with E-state index in [1.165, 1.54) is 11.3 Å². The molecule has 1 N–H and O–H groups in total. The van der Waals surface area contributed by atoms with Crippen molar-refractivity contribution in [2.24, 2.45) is 0 Å². The van der Waals surface area contributed by atoms with E-state index in [1.807, 2.05) is 62.4 Å². The summed E-state index contributed by atoms with van der Waals surface area (Å²) in [5.74, 6) is -0.159. The summed E-state index contributed by atoms with van der Waals surface area (Å²) < 4.78 is 1.07. The normalized spacial score (nSPS) is 11.1. The molecule has 0 saturated carbocycles. The molecule has 1 amide bonds. The van der Waals surface area contributed by atoms with Crippen LogP contribution in [-0.4, -0.2) is 15.9 Å². The molecule has 0 bridgehead atoms. The first-order chi connectivity index (χ1) is 11.6. The van der Waals surface area contributed by atoms with Crippen LogP contribution in [0.4, 0.5) is 5.13 Å². The highest BCUT2D eigenvalue weighted by molar-refractivity contribution is 7.22. The Morgan fingerprint density at radius 3 is 2.71 bits per heavy atom. The van der Waals surface area contributed by atoms with Crippen molar-refractivity contribution < 1.29 is 4.79 Å². The van der Waals surface area contributed by atoms with E-state index >= 15 is 0 Å². The highest BCUT2D eigenvalue weighted by atomic mass is 32.1. The molecule has 24 heavy (non-hydrogen) atoms. The Kier molecular flexibility index (Phi) is 3.50. The fourth-order valence-electron chi connectivity index (χ4n) is 2.80. The van der Waals surface area contributed by atoms with Gasteiger partial charge >= 0.3 is 0 Å². The predicted molar refractivity (Wildman–Crippen MR) is 98.8 cm³/mol. The van der Waals surface area contributed by atoms with Gasteiger partial charge in [-0.15, -0.1) is 0 Å². The summed E-state index contributed by atoms with van der Waals surface area (Å²) in [7, 11) is 0. The average molecular weight is 333 g/mol. The minimum absolute atomic E-state index is 0.159. The number of aromatic nitrogens is 2. The van der Waals surface area contributed by atoms with Gasteiger partial charge in [0.05, 0.1) is 21.3 Å². The van der Waals surface area contributed by atoms with Crippen LogP contribution in [0.15, 0.2) is 48.5 Å². The smallest absolute Gasteiger partial charge is 0.258 e. The molecule has 2 heterocycles. The van der Waals surface area contributed by atoms with E-state index in [1.54, 1.807) is 0 Å². The van der Waals surface area contributed by atoms with Crippen LogP contribution in [0.3, 0.4) is 0 Å². The van der Waals surface area contributed by atoms with Crippen molar-refractivity contribution >= 4 is 43.5 Å². The molecule has 0 radical (unpaired) electrons. The summed E-state index contributed by atoms with van der Waals surface area (Å²) in [4.78, 5) is 21.8. The Morgan fingerprint density at radius 2 is 1.88 bits per heavy atom. The number of benzene rings is 2. The molecule has 4 aromatic rings. The van der Waals surface area contributed by atoms with Gasteiger partial charge in [0.15, 0.2) is 5.13 Å². The number of amides is 1. The van der Waals surface area contributed by atoms with Crippen molar-refractivity contribution in [2.45, 2.75) is 13.8 Å². The lowest BCUT2D eigenvalue weighted by Crippen LogP contribution is -2.13. The number of carbonyl (C=O) groups is 1. The summed E-state index contributed by atoms with van der Waals surface area (Å²) in [6, 6.07) is 15.5. The van der Waals surface area contributed by atoms with Crippen LogP contribution in [-0.2, 0) is 0 Å². The van der Waals surface area contributed by atoms with Crippen LogP contribution in [0, 0.1) is 13.8 Å². The Bertz CT molecular complexity index is 1080. The molecule has 2 aromatic heterocycles. The molecule has 0 unspecified atom stereocenters. The Labute approximate surface area is 143 Å². The molecule has 0 aliphatic rings. The van der Waals surface area contributed by atoms with Crippen LogP contribution in [0.25, 0.3) is 21.1 Å². The first-order valence-electron chi connectivity index (χ1n) is 7.66. The number of hydrogen-bond donors (Lipinski definition) is 1. The quantitative estimate of drug-likeness (QED) is 0.578. The highest BCUT2D eigenvalue weighted by Crippen LogP contribution is 2.28. The number of thiazole rings is 1. The summed E-state index contributed by atoms with van der Waals surface area (Å²) >= 11 is 1.49. The minimum atomic E-state index is -0.159. The van der Waals surface area contributed by atoms with Crippen LogP contribution >= 0.6 is 11.3 Å². The van der Waals surface area contributed by atoms with E-state index in [-0.39, 0.29) is 5.91 Å². The van der Waals surface area contributed by atoms with Crippen molar-refractivity contribution in [2.75, 3.05) is 5.32 Å². The molecule has 0 saturated heterocycles. The zero-order valence-electron chi connectivity index (χ0n) is 13.3. The maximum Gasteiger partial charge on any atom is 0.258 e. The molecule has 2 aromatic carbocycles. The first kappa shape index (κ1) is 14.8. The molecule has 0 fully saturated rings. The number of pyridine rings is 1. The van der Waals surface area contributed by atoms with E-state index < -0.39 is 0 Å². The molecule has 0 aliphatic carbocycles. The van der Waals surface area contributed by atoms with Crippen molar-refractivity contribution in [1.29, 1.82) is 0 Å². The lowest BCUT2D eigenvalue weighted by Gasteiger charge is -2.07. The van der Waals surface area contributed by atoms with E-state index in [9.17, 15) is 4.79 Å². The predicted octanol–water partition coefficient (Wildman–Crippen LogP) is 4.71. The fraction of sp³-hybridized carbons (Fsp3) is 0.105. The molecular weight excluding hydrogens is 318 g/mol. The number of rotatable bonds is 2. The summed E-state index contributed by atoms with van der Waals surface area (Å²) in [6.45, 7) is 3.91. The third-order valence-corrected chi connectivity index (χ3v) is 4.87. The van der Waals surface area contributed by atoms with Crippen LogP contribution in [0.1, 0.15) is 21.6 Å². The Balaban J connectivity index is 1.75. The van der Waals surface area contributed by atoms with Gasteiger partial charge in [0, 0.05) is 11.1 Å². The second kappa shape index (κ2) is 5.69. The van der Waals surface area contributed by atoms with Crippen molar-refractivity contribution in [1.82, 2.24) is 9.97 Å². The van der Waals surface area contributed by atoms with Crippen LogP contribution in [0.2, 0.25) is 0 Å². The summed E-state index contributed by atoms with van der Waals surface area (Å²) in [6.07, 6.45) is 0. The third-order valence-electron chi connectivity index (χ3n) is 3.93. The first-order valence-corrected chi connectivity index (χ1v) is 8.47. The average Bonchev–Trinajstić information content (AvgIpc) is 2.98. The topological polar surface area (TPSA) is 54.9 Å². The third kappa shape index (κ3) is 2.53. The number of anilines is 1. The molecule has 118 valence electrons. The second-order valence-electron chi connectivity index (χ2n) is 5.72. The van der Waals surface area contributed by atoms with Gasteiger partial charge in [0.2, 0.25) is 0 Å². The number of para-hydroxylation sites is 2. The van der Waals surface area contributed by atoms with Crippen molar-refractivity contribution in [3.63, 3.8) is 0 Å². The monoisotopic (exact) mass is 333 g/mol. The van der Waals surface area contributed by atoms with Crippen molar-refractivity contribution in [3.8, 4) is 0 Å². The maximum atomic E-state index is 12.8. The van der Waals surface area contributed by atoms with Gasteiger partial charge < -0.3 is 0 Å². The lowest BCUT2D eigenvalue weighted by molar-refractivity contribution is 0.102. The molecule has 0 aliphatic heterocycles. The Morgan fingerprint density at radius 1 is 1.04 bits per heavy atom. The van der Waals surface area contributed by atoms with Crippen molar-refractivity contribution in [3.05, 3.63) is 65.4 Å². The maximum absolute atomic E-state index is 12.8. The van der Waals surface area contributed by atoms with Gasteiger partial charge in [-0.3, -0.25) is 15.1 Å². The van der Waals surface area contributed by atoms with Gasteiger partial charge in [0.25, 0.3) is 5.91 Å². The van der Waals surface area contributed by atoms with Crippen LogP contribution in [0.5, 0.6) is 0 Å². The van der Waals surface area contributed by atoms with E-state index in [0.717, 1.165) is 32.4 Å². The van der Waals surface area contributed by atoms with Crippen LogP contribution < -0.4 is 5.32 Å². The molecule has 4 nitrogen and oxygen atoms in total. The zero-order valence-corrected chi connectivity index (χ0v) is 14.1. The molecule has 4 rings (SSSR count). The lowest BCUT2D eigenvalue weighted by atomic mass is 10.1. The molecular formula is C19H15N3OS. The number of nitrogens with one attached hydrogen (secondary N) is 1. The number of hydrogen-bond acceptors (Lipinski definition) is 4. The molecule has 0 spiro atoms. The largest absolute Gasteiger partial charge is 0.298 e. The van der Waals surface area contributed by atoms with Gasteiger partial charge in [-0.1, -0.05) is 41.7 Å². The highest BCUT2D eigenvalue weighted by Gasteiger charge is 2.14. The van der Waals surface area contributed by atoms with E-state index in [4.69, 9.17) is 0 Å². The van der Waals surface area contributed by atoms with Gasteiger partial charge in [-0.25, -0.2) is 4.98 Å². The summed E-state index contributed by atoms with van der Waals surface area (Å²) in [5, 5.41) is 4.39. The number of carbonyl (C=O) groups excluding carboxylic acids is 1. The van der Waals surface area contributed by atoms with Gasteiger partial charge in [0.1, 0.15) is 0 Å². The van der Waals surface area contributed by atoms with Gasteiger partial charge in [-0.05, 0) is 37.6 Å². The second-order valence-corrected chi connectivity index (χ2v) is 6.75. The zero-order chi connectivity index (χ0) is 16.7. The standard InChI is InChI=1S/C19H15N3OS/c1-11-6-5-9-16-17(11)21-19(24-16)22-18(23)14-10-12(2)20-15-8-4-3-7-13(14)15/h3-10H,1-2H3,(H,21,22,23). The molecule has 5 heteroatoms. The Hall–Kier alpha value is -2.79. The van der Waals surface area contributed by atoms with E-state index in [0.29, 0.717) is 10.7 Å². The fourth-order valence-corrected chi connectivity index (χ4v) is 3.74.